The number of nitrogens with zero attached hydrogens (tertiary/aromatic N) is 1. The van der Waals surface area contributed by atoms with Gasteiger partial charge in [-0.2, -0.15) is 0 Å². The van der Waals surface area contributed by atoms with Gasteiger partial charge in [-0.15, -0.1) is 0 Å². The van der Waals surface area contributed by atoms with Gasteiger partial charge in [0, 0.05) is 17.0 Å². The van der Waals surface area contributed by atoms with Crippen molar-refractivity contribution < 1.29 is 43.4 Å². The lowest BCUT2D eigenvalue weighted by Crippen LogP contribution is -2.60. The van der Waals surface area contributed by atoms with Crippen LogP contribution in [-0.2, 0) is 18.9 Å². The van der Waals surface area contributed by atoms with Crippen molar-refractivity contribution in [2.75, 3.05) is 6.61 Å². The van der Waals surface area contributed by atoms with Crippen molar-refractivity contribution in [3.05, 3.63) is 142 Å². The Morgan fingerprint density at radius 3 is 1.67 bits per heavy atom. The highest BCUT2D eigenvalue weighted by molar-refractivity contribution is 7.99. The molecule has 0 saturated carbocycles. The van der Waals surface area contributed by atoms with Crippen molar-refractivity contribution in [3.63, 3.8) is 0 Å². The van der Waals surface area contributed by atoms with Gasteiger partial charge in [0.25, 0.3) is 5.69 Å². The number of aliphatic hydroxyl groups excluding tert-OH is 1. The Labute approximate surface area is 261 Å². The molecule has 0 spiro atoms. The second-order valence-corrected chi connectivity index (χ2v) is 11.0. The van der Waals surface area contributed by atoms with Crippen LogP contribution >= 0.6 is 11.8 Å². The average Bonchev–Trinajstić information content (AvgIpc) is 3.08. The van der Waals surface area contributed by atoms with Gasteiger partial charge in [0.15, 0.2) is 12.2 Å². The first-order valence-electron chi connectivity index (χ1n) is 13.8. The molecule has 230 valence electrons. The topological polar surface area (TPSA) is 152 Å². The molecule has 0 bridgehead atoms. The fourth-order valence-corrected chi connectivity index (χ4v) is 5.63. The summed E-state index contributed by atoms with van der Waals surface area (Å²) in [6.07, 6.45) is -5.63. The van der Waals surface area contributed by atoms with Crippen molar-refractivity contribution in [2.45, 2.75) is 34.7 Å². The third-order valence-electron chi connectivity index (χ3n) is 6.81. The second-order valence-electron chi connectivity index (χ2n) is 9.84. The van der Waals surface area contributed by atoms with E-state index in [9.17, 15) is 29.6 Å². The largest absolute Gasteiger partial charge is 0.459 e. The monoisotopic (exact) mass is 629 g/mol. The highest BCUT2D eigenvalue weighted by atomic mass is 32.2. The minimum absolute atomic E-state index is 0.130. The molecule has 0 amide bonds. The number of esters is 3. The zero-order valence-corrected chi connectivity index (χ0v) is 24.4. The maximum Gasteiger partial charge on any atom is 0.338 e. The van der Waals surface area contributed by atoms with Crippen LogP contribution in [0.4, 0.5) is 5.69 Å². The fraction of sp³-hybridized carbons (Fsp3) is 0.182. The maximum absolute atomic E-state index is 13.1. The van der Waals surface area contributed by atoms with Crippen LogP contribution in [0.15, 0.2) is 120 Å². The number of benzene rings is 4. The minimum Gasteiger partial charge on any atom is -0.459 e. The van der Waals surface area contributed by atoms with Crippen LogP contribution in [0.5, 0.6) is 0 Å². The highest BCUT2D eigenvalue weighted by Gasteiger charge is 2.50. The molecule has 0 aliphatic carbocycles. The van der Waals surface area contributed by atoms with E-state index in [1.807, 2.05) is 0 Å². The van der Waals surface area contributed by atoms with Gasteiger partial charge < -0.3 is 24.1 Å². The summed E-state index contributed by atoms with van der Waals surface area (Å²) in [6.45, 7) is -0.422. The molecule has 1 aliphatic heterocycles. The summed E-state index contributed by atoms with van der Waals surface area (Å²) in [5.74, 6) is -2.21. The Morgan fingerprint density at radius 1 is 0.711 bits per heavy atom. The standard InChI is InChI=1S/C33H27NO10S/c35-27-28(43-31(37)22-12-6-2-7-13-22)26(20-41-30(36)21-10-4-1-5-11-21)42-33(45-25-18-16-24(17-19-25)34(39)40)29(27)44-32(38)23-14-8-3-9-15-23/h1-19,26-29,33,35H,20H2/t26-,27+,28+,29-,33-/m1/s1. The number of ether oxygens (including phenoxy) is 4. The number of rotatable bonds is 10. The molecular weight excluding hydrogens is 602 g/mol. The van der Waals surface area contributed by atoms with Crippen LogP contribution in [-0.4, -0.2) is 64.4 Å². The van der Waals surface area contributed by atoms with Crippen LogP contribution in [0.3, 0.4) is 0 Å². The molecule has 0 aromatic heterocycles. The molecule has 5 rings (SSSR count). The molecule has 4 aromatic carbocycles. The molecule has 1 fully saturated rings. The SMILES string of the molecule is O=C(OC[C@H]1O[C@H](Sc2ccc([N+](=O)[O-])cc2)[C@H](OC(=O)c2ccccc2)[C@@H](O)[C@H]1OC(=O)c1ccccc1)c1ccccc1. The van der Waals surface area contributed by atoms with E-state index in [4.69, 9.17) is 18.9 Å². The number of aliphatic hydroxyl groups is 1. The van der Waals surface area contributed by atoms with Gasteiger partial charge in [-0.25, -0.2) is 14.4 Å². The van der Waals surface area contributed by atoms with Gasteiger partial charge in [0.1, 0.15) is 24.3 Å². The Bertz CT molecular complexity index is 1620. The molecule has 1 N–H and O–H groups in total. The van der Waals surface area contributed by atoms with Gasteiger partial charge in [0.05, 0.1) is 21.6 Å². The zero-order chi connectivity index (χ0) is 31.8. The normalized spacial score (nSPS) is 20.9. The van der Waals surface area contributed by atoms with Gasteiger partial charge in [-0.1, -0.05) is 66.4 Å². The third kappa shape index (κ3) is 7.92. The Balaban J connectivity index is 1.45. The number of thioether (sulfide) groups is 1. The lowest BCUT2D eigenvalue weighted by molar-refractivity contribution is -0.384. The van der Waals surface area contributed by atoms with Crippen LogP contribution in [0, 0.1) is 10.1 Å². The predicted octanol–water partition coefficient (Wildman–Crippen LogP) is 5.08. The smallest absolute Gasteiger partial charge is 0.338 e. The van der Waals surface area contributed by atoms with Gasteiger partial charge in [0.2, 0.25) is 0 Å². The number of hydrogen-bond acceptors (Lipinski definition) is 11. The summed E-state index contributed by atoms with van der Waals surface area (Å²) in [4.78, 5) is 50.1. The van der Waals surface area contributed by atoms with Crippen LogP contribution in [0.25, 0.3) is 0 Å². The lowest BCUT2D eigenvalue weighted by atomic mass is 9.99. The number of carbonyl (C=O) groups excluding carboxylic acids is 3. The predicted molar refractivity (Wildman–Crippen MR) is 162 cm³/mol. The van der Waals surface area contributed by atoms with E-state index in [1.54, 1.807) is 66.7 Å². The van der Waals surface area contributed by atoms with E-state index in [1.165, 1.54) is 48.5 Å². The summed E-state index contributed by atoms with van der Waals surface area (Å²) >= 11 is 1.02. The van der Waals surface area contributed by atoms with Crippen LogP contribution < -0.4 is 0 Å². The molecule has 4 aromatic rings. The number of nitro groups is 1. The van der Waals surface area contributed by atoms with E-state index in [2.05, 4.69) is 0 Å². The molecule has 1 heterocycles. The average molecular weight is 630 g/mol. The molecule has 1 aliphatic rings. The summed E-state index contributed by atoms with van der Waals surface area (Å²) in [5.41, 5.74) is -0.556. The van der Waals surface area contributed by atoms with E-state index in [0.29, 0.717) is 4.90 Å². The summed E-state index contributed by atoms with van der Waals surface area (Å²) in [7, 11) is 0. The van der Waals surface area contributed by atoms with E-state index in [-0.39, 0.29) is 22.4 Å². The zero-order valence-electron chi connectivity index (χ0n) is 23.5. The first kappa shape index (κ1) is 31.4. The summed E-state index contributed by atoms with van der Waals surface area (Å²) < 4.78 is 23.2. The molecule has 45 heavy (non-hydrogen) atoms. The summed E-state index contributed by atoms with van der Waals surface area (Å²) in [5, 5.41) is 22.8. The number of non-ortho nitro benzene ring substituents is 1. The molecule has 0 radical (unpaired) electrons. The number of hydrogen-bond donors (Lipinski definition) is 1. The van der Waals surface area contributed by atoms with Crippen molar-refractivity contribution in [2.24, 2.45) is 0 Å². The lowest BCUT2D eigenvalue weighted by Gasteiger charge is -2.43. The maximum atomic E-state index is 13.1. The molecule has 12 heteroatoms. The molecule has 5 atom stereocenters. The molecular formula is C33H27NO10S. The Morgan fingerprint density at radius 2 is 1.18 bits per heavy atom. The highest BCUT2D eigenvalue weighted by Crippen LogP contribution is 2.37. The van der Waals surface area contributed by atoms with Gasteiger partial charge >= 0.3 is 17.9 Å². The minimum atomic E-state index is -1.63. The first-order chi connectivity index (χ1) is 21.8. The molecule has 0 unspecified atom stereocenters. The Kier molecular flexibility index (Phi) is 10.2. The fourth-order valence-electron chi connectivity index (χ4n) is 4.52. The van der Waals surface area contributed by atoms with E-state index in [0.717, 1.165) is 11.8 Å². The number of nitro benzene ring substituents is 1. The molecule has 1 saturated heterocycles. The summed E-state index contributed by atoms with van der Waals surface area (Å²) in [6, 6.07) is 30.0. The third-order valence-corrected chi connectivity index (χ3v) is 7.97. The van der Waals surface area contributed by atoms with Crippen LogP contribution in [0.2, 0.25) is 0 Å². The van der Waals surface area contributed by atoms with Gasteiger partial charge in [-0.3, -0.25) is 10.1 Å². The van der Waals surface area contributed by atoms with Gasteiger partial charge in [-0.05, 0) is 48.5 Å². The number of carbonyl (C=O) groups is 3. The Hall–Kier alpha value is -5.04. The van der Waals surface area contributed by atoms with Crippen molar-refractivity contribution in [1.82, 2.24) is 0 Å². The van der Waals surface area contributed by atoms with E-state index >= 15 is 0 Å². The van der Waals surface area contributed by atoms with Crippen LogP contribution in [0.1, 0.15) is 31.1 Å². The first-order valence-corrected chi connectivity index (χ1v) is 14.7. The van der Waals surface area contributed by atoms with Crippen molar-refractivity contribution >= 4 is 35.4 Å². The second kappa shape index (κ2) is 14.6. The quantitative estimate of drug-likeness (QED) is 0.108. The van der Waals surface area contributed by atoms with E-state index < -0.39 is 59.3 Å². The van der Waals surface area contributed by atoms with Crippen molar-refractivity contribution in [1.29, 1.82) is 0 Å². The van der Waals surface area contributed by atoms with Crippen molar-refractivity contribution in [3.8, 4) is 0 Å². The molecule has 11 nitrogen and oxygen atoms in total.